The second-order valence-corrected chi connectivity index (χ2v) is 8.49. The molecule has 5 rings (SSSR count). The summed E-state index contributed by atoms with van der Waals surface area (Å²) in [5.74, 6) is -0.170. The number of piperidine rings is 1. The summed E-state index contributed by atoms with van der Waals surface area (Å²) in [4.78, 5) is 15.2. The number of aliphatic hydroxyl groups is 1. The van der Waals surface area contributed by atoms with E-state index in [4.69, 9.17) is 0 Å². The minimum Gasteiger partial charge on any atom is -0.508 e. The van der Waals surface area contributed by atoms with Crippen LogP contribution in [-0.2, 0) is 6.42 Å². The van der Waals surface area contributed by atoms with E-state index in [1.165, 1.54) is 24.4 Å². The van der Waals surface area contributed by atoms with Gasteiger partial charge in [0.25, 0.3) is 0 Å². The van der Waals surface area contributed by atoms with Gasteiger partial charge in [0.1, 0.15) is 34.4 Å². The number of pyridine rings is 1. The molecule has 1 aliphatic rings. The number of aromatic hydroxyl groups is 1. The highest BCUT2D eigenvalue weighted by Gasteiger charge is 2.25. The van der Waals surface area contributed by atoms with E-state index in [1.807, 2.05) is 11.8 Å². The number of β-amino-alcohol motifs (C(OH)–C–C–N with tert-alkyl or cyclic N) is 1. The lowest BCUT2D eigenvalue weighted by molar-refractivity contribution is 0.154. The van der Waals surface area contributed by atoms with E-state index in [9.17, 15) is 14.6 Å². The fraction of sp³-hybridized carbons (Fsp3) is 0.320. The molecule has 0 aliphatic carbocycles. The first-order valence-corrected chi connectivity index (χ1v) is 11.1. The highest BCUT2D eigenvalue weighted by Crippen LogP contribution is 2.38. The van der Waals surface area contributed by atoms with Gasteiger partial charge in [-0.05, 0) is 60.7 Å². The van der Waals surface area contributed by atoms with Gasteiger partial charge in [0.2, 0.25) is 0 Å². The number of hydrogen-bond acceptors (Lipinski definition) is 6. The maximum atomic E-state index is 16.0. The molecular formula is C25H24F2N4O2. The van der Waals surface area contributed by atoms with E-state index in [1.54, 1.807) is 13.0 Å². The highest BCUT2D eigenvalue weighted by molar-refractivity contribution is 6.01. The monoisotopic (exact) mass is 450 g/mol. The predicted molar refractivity (Wildman–Crippen MR) is 123 cm³/mol. The van der Waals surface area contributed by atoms with Crippen LogP contribution in [0.4, 0.5) is 14.6 Å². The Bertz CT molecular complexity index is 1390. The highest BCUT2D eigenvalue weighted by atomic mass is 19.1. The maximum Gasteiger partial charge on any atom is 0.175 e. The van der Waals surface area contributed by atoms with Gasteiger partial charge in [-0.15, -0.1) is 0 Å². The van der Waals surface area contributed by atoms with Crippen LogP contribution in [0.3, 0.4) is 0 Å². The summed E-state index contributed by atoms with van der Waals surface area (Å²) in [7, 11) is 0. The van der Waals surface area contributed by atoms with Crippen molar-refractivity contribution in [3.8, 4) is 17.0 Å². The number of halogens is 2. The van der Waals surface area contributed by atoms with Crippen LogP contribution < -0.4 is 4.90 Å². The zero-order valence-corrected chi connectivity index (χ0v) is 18.4. The van der Waals surface area contributed by atoms with Crippen LogP contribution in [0.25, 0.3) is 32.9 Å². The fourth-order valence-corrected chi connectivity index (χ4v) is 4.76. The number of anilines is 1. The zero-order chi connectivity index (χ0) is 23.3. The third-order valence-electron chi connectivity index (χ3n) is 6.23. The Labute approximate surface area is 189 Å². The van der Waals surface area contributed by atoms with E-state index >= 15 is 4.39 Å². The Hall–Kier alpha value is -3.39. The molecule has 3 heterocycles. The first kappa shape index (κ1) is 21.5. The molecule has 2 N–H and O–H groups in total. The average molecular weight is 450 g/mol. The standard InChI is InChI=1S/C25H24F2N4O2/c1-3-17-20(26)7-6-14-9-16(33)10-18(21(14)17)23-22(27)24-19(11-28-23)25(30-13(2)29-24)31-8-4-5-15(32)12-31/h6-7,9-11,15,32-33H,3-5,8,12H2,1-2H3. The molecule has 1 aliphatic heterocycles. The van der Waals surface area contributed by atoms with Gasteiger partial charge in [-0.2, -0.15) is 0 Å². The lowest BCUT2D eigenvalue weighted by atomic mass is 9.94. The molecule has 0 saturated carbocycles. The van der Waals surface area contributed by atoms with Crippen molar-refractivity contribution >= 4 is 27.5 Å². The smallest absolute Gasteiger partial charge is 0.175 e. The largest absolute Gasteiger partial charge is 0.508 e. The number of benzene rings is 2. The van der Waals surface area contributed by atoms with Crippen molar-refractivity contribution in [1.29, 1.82) is 0 Å². The molecule has 1 unspecified atom stereocenters. The number of fused-ring (bicyclic) bond motifs is 2. The minimum atomic E-state index is -0.657. The van der Waals surface area contributed by atoms with Crippen LogP contribution in [0, 0.1) is 18.6 Å². The summed E-state index contributed by atoms with van der Waals surface area (Å²) in [6.07, 6.45) is 2.97. The van der Waals surface area contributed by atoms with E-state index < -0.39 is 11.9 Å². The van der Waals surface area contributed by atoms with Crippen molar-refractivity contribution in [3.63, 3.8) is 0 Å². The van der Waals surface area contributed by atoms with Gasteiger partial charge >= 0.3 is 0 Å². The number of hydrogen-bond donors (Lipinski definition) is 2. The average Bonchev–Trinajstić information content (AvgIpc) is 2.79. The predicted octanol–water partition coefficient (Wildman–Crippen LogP) is 4.66. The van der Waals surface area contributed by atoms with Crippen molar-refractivity contribution in [2.45, 2.75) is 39.2 Å². The molecule has 1 atom stereocenters. The topological polar surface area (TPSA) is 82.4 Å². The fourth-order valence-electron chi connectivity index (χ4n) is 4.76. The lowest BCUT2D eigenvalue weighted by Crippen LogP contribution is -2.39. The van der Waals surface area contributed by atoms with E-state index in [-0.39, 0.29) is 22.8 Å². The summed E-state index contributed by atoms with van der Waals surface area (Å²) >= 11 is 0. The van der Waals surface area contributed by atoms with Crippen LogP contribution in [0.1, 0.15) is 31.2 Å². The van der Waals surface area contributed by atoms with Crippen LogP contribution >= 0.6 is 0 Å². The van der Waals surface area contributed by atoms with Gasteiger partial charge in [-0.1, -0.05) is 13.0 Å². The number of phenolic OH excluding ortho intramolecular Hbond substituents is 1. The second-order valence-electron chi connectivity index (χ2n) is 8.49. The molecule has 1 fully saturated rings. The lowest BCUT2D eigenvalue weighted by Gasteiger charge is -2.31. The molecule has 4 aromatic rings. The second kappa shape index (κ2) is 8.19. The first-order chi connectivity index (χ1) is 15.9. The third kappa shape index (κ3) is 3.64. The third-order valence-corrected chi connectivity index (χ3v) is 6.23. The van der Waals surface area contributed by atoms with Gasteiger partial charge in [0, 0.05) is 24.8 Å². The molecule has 2 aromatic carbocycles. The van der Waals surface area contributed by atoms with Gasteiger partial charge in [0.15, 0.2) is 5.82 Å². The molecule has 33 heavy (non-hydrogen) atoms. The number of aryl methyl sites for hydroxylation is 2. The van der Waals surface area contributed by atoms with Gasteiger partial charge in [0.05, 0.1) is 11.5 Å². The van der Waals surface area contributed by atoms with Crippen molar-refractivity contribution in [3.05, 3.63) is 53.5 Å². The van der Waals surface area contributed by atoms with Crippen LogP contribution in [-0.4, -0.2) is 44.4 Å². The van der Waals surface area contributed by atoms with Crippen molar-refractivity contribution < 1.29 is 19.0 Å². The molecule has 0 bridgehead atoms. The number of aromatic nitrogens is 3. The molecule has 2 aromatic heterocycles. The Balaban J connectivity index is 1.77. The summed E-state index contributed by atoms with van der Waals surface area (Å²) in [5.41, 5.74) is 0.845. The SMILES string of the molecule is CCc1c(F)ccc2cc(O)cc(-c3ncc4c(N5CCCC(O)C5)nc(C)nc4c3F)c12. The van der Waals surface area contributed by atoms with E-state index in [0.29, 0.717) is 58.4 Å². The maximum absolute atomic E-state index is 16.0. The Morgan fingerprint density at radius 3 is 2.76 bits per heavy atom. The van der Waals surface area contributed by atoms with Crippen molar-refractivity contribution in [1.82, 2.24) is 15.0 Å². The van der Waals surface area contributed by atoms with Gasteiger partial charge in [-0.25, -0.2) is 18.7 Å². The summed E-state index contributed by atoms with van der Waals surface area (Å²) < 4.78 is 30.5. The number of rotatable bonds is 3. The number of aliphatic hydroxyl groups excluding tert-OH is 1. The quantitative estimate of drug-likeness (QED) is 0.472. The number of phenols is 1. The Morgan fingerprint density at radius 1 is 1.18 bits per heavy atom. The molecule has 0 radical (unpaired) electrons. The van der Waals surface area contributed by atoms with Gasteiger partial charge in [-0.3, -0.25) is 4.98 Å². The molecule has 1 saturated heterocycles. The minimum absolute atomic E-state index is 0.00794. The van der Waals surface area contributed by atoms with Crippen molar-refractivity contribution in [2.24, 2.45) is 0 Å². The molecule has 6 nitrogen and oxygen atoms in total. The van der Waals surface area contributed by atoms with Crippen LogP contribution in [0.2, 0.25) is 0 Å². The summed E-state index contributed by atoms with van der Waals surface area (Å²) in [6, 6.07) is 5.86. The molecule has 0 spiro atoms. The molecule has 0 amide bonds. The van der Waals surface area contributed by atoms with Gasteiger partial charge < -0.3 is 15.1 Å². The summed E-state index contributed by atoms with van der Waals surface area (Å²) in [6.45, 7) is 4.62. The van der Waals surface area contributed by atoms with Crippen LogP contribution in [0.5, 0.6) is 5.75 Å². The van der Waals surface area contributed by atoms with Crippen LogP contribution in [0.15, 0.2) is 30.5 Å². The Morgan fingerprint density at radius 2 is 2.00 bits per heavy atom. The number of nitrogens with zero attached hydrogens (tertiary/aromatic N) is 4. The molecule has 170 valence electrons. The zero-order valence-electron chi connectivity index (χ0n) is 18.4. The molecular weight excluding hydrogens is 426 g/mol. The summed E-state index contributed by atoms with van der Waals surface area (Å²) in [5, 5.41) is 22.0. The Kier molecular flexibility index (Phi) is 5.32. The normalized spacial score (nSPS) is 16.6. The molecule has 8 heteroatoms. The van der Waals surface area contributed by atoms with E-state index in [2.05, 4.69) is 15.0 Å². The van der Waals surface area contributed by atoms with E-state index in [0.717, 1.165) is 12.8 Å². The van der Waals surface area contributed by atoms with Crippen molar-refractivity contribution in [2.75, 3.05) is 18.0 Å². The first-order valence-electron chi connectivity index (χ1n) is 11.1.